The van der Waals surface area contributed by atoms with Crippen LogP contribution in [-0.2, 0) is 0 Å². The summed E-state index contributed by atoms with van der Waals surface area (Å²) in [6, 6.07) is 0.637. The number of nitrogens with zero attached hydrogens (tertiary/aromatic N) is 1. The molecule has 0 radical (unpaired) electrons. The van der Waals surface area contributed by atoms with E-state index < -0.39 is 0 Å². The van der Waals surface area contributed by atoms with Crippen LogP contribution in [0.4, 0.5) is 0 Å². The molecule has 0 spiro atoms. The van der Waals surface area contributed by atoms with Crippen molar-refractivity contribution in [3.8, 4) is 0 Å². The van der Waals surface area contributed by atoms with Gasteiger partial charge >= 0.3 is 0 Å². The lowest BCUT2D eigenvalue weighted by Gasteiger charge is -2.41. The van der Waals surface area contributed by atoms with Crippen molar-refractivity contribution in [2.45, 2.75) is 72.3 Å². The average molecular weight is 254 g/mol. The number of rotatable bonds is 6. The van der Waals surface area contributed by atoms with Crippen LogP contribution in [0.5, 0.6) is 0 Å². The summed E-state index contributed by atoms with van der Waals surface area (Å²) in [5.41, 5.74) is 6.44. The van der Waals surface area contributed by atoms with Crippen LogP contribution in [0.25, 0.3) is 0 Å². The van der Waals surface area contributed by atoms with Crippen LogP contribution in [0, 0.1) is 11.3 Å². The third-order valence-electron chi connectivity index (χ3n) is 4.68. The van der Waals surface area contributed by atoms with Crippen LogP contribution >= 0.6 is 0 Å². The monoisotopic (exact) mass is 254 g/mol. The maximum atomic E-state index is 5.96. The number of hydrogen-bond donors (Lipinski definition) is 1. The van der Waals surface area contributed by atoms with Gasteiger partial charge in [-0.15, -0.1) is 0 Å². The molecule has 1 rings (SSSR count). The topological polar surface area (TPSA) is 29.3 Å². The van der Waals surface area contributed by atoms with Gasteiger partial charge in [0, 0.05) is 12.6 Å². The predicted octanol–water partition coefficient (Wildman–Crippen LogP) is 3.65. The van der Waals surface area contributed by atoms with E-state index in [-0.39, 0.29) is 0 Å². The Morgan fingerprint density at radius 3 is 2.22 bits per heavy atom. The van der Waals surface area contributed by atoms with E-state index in [1.54, 1.807) is 0 Å². The first-order chi connectivity index (χ1) is 8.49. The minimum Gasteiger partial charge on any atom is -0.329 e. The van der Waals surface area contributed by atoms with E-state index in [2.05, 4.69) is 32.6 Å². The van der Waals surface area contributed by atoms with E-state index in [0.717, 1.165) is 12.5 Å². The smallest absolute Gasteiger partial charge is 0.0218 e. The Balaban J connectivity index is 2.35. The second-order valence-corrected chi connectivity index (χ2v) is 7.06. The minimum absolute atomic E-state index is 0.479. The van der Waals surface area contributed by atoms with Crippen molar-refractivity contribution in [3.63, 3.8) is 0 Å². The van der Waals surface area contributed by atoms with Crippen molar-refractivity contribution in [2.75, 3.05) is 19.6 Å². The standard InChI is InChI=1S/C16H34N2/c1-5-6-7-8-15(13-17)18-11-9-14(10-12-18)16(2,3)4/h14-15H,5-13,17H2,1-4H3. The van der Waals surface area contributed by atoms with Gasteiger partial charge in [-0.1, -0.05) is 47.0 Å². The van der Waals surface area contributed by atoms with Crippen molar-refractivity contribution in [2.24, 2.45) is 17.1 Å². The van der Waals surface area contributed by atoms with E-state index in [9.17, 15) is 0 Å². The van der Waals surface area contributed by atoms with Gasteiger partial charge in [-0.3, -0.25) is 4.90 Å². The van der Waals surface area contributed by atoms with E-state index >= 15 is 0 Å². The summed E-state index contributed by atoms with van der Waals surface area (Å²) in [6.45, 7) is 12.8. The predicted molar refractivity (Wildman–Crippen MR) is 80.7 cm³/mol. The number of piperidine rings is 1. The number of unbranched alkanes of at least 4 members (excludes halogenated alkanes) is 2. The van der Waals surface area contributed by atoms with Crippen molar-refractivity contribution in [3.05, 3.63) is 0 Å². The Labute approximate surface area is 114 Å². The zero-order valence-corrected chi connectivity index (χ0v) is 13.0. The fourth-order valence-corrected chi connectivity index (χ4v) is 3.21. The highest BCUT2D eigenvalue weighted by atomic mass is 15.2. The fraction of sp³-hybridized carbons (Fsp3) is 1.00. The molecule has 0 aromatic rings. The summed E-state index contributed by atoms with van der Waals surface area (Å²) in [5, 5.41) is 0. The molecule has 1 atom stereocenters. The summed E-state index contributed by atoms with van der Waals surface area (Å²) in [4.78, 5) is 2.65. The molecule has 18 heavy (non-hydrogen) atoms. The molecular weight excluding hydrogens is 220 g/mol. The van der Waals surface area contributed by atoms with E-state index in [0.29, 0.717) is 11.5 Å². The summed E-state index contributed by atoms with van der Waals surface area (Å²) >= 11 is 0. The molecule has 108 valence electrons. The zero-order valence-electron chi connectivity index (χ0n) is 13.0. The first kappa shape index (κ1) is 16.0. The highest BCUT2D eigenvalue weighted by Gasteiger charge is 2.30. The minimum atomic E-state index is 0.479. The molecule has 1 unspecified atom stereocenters. The van der Waals surface area contributed by atoms with Crippen molar-refractivity contribution >= 4 is 0 Å². The summed E-state index contributed by atoms with van der Waals surface area (Å²) in [7, 11) is 0. The van der Waals surface area contributed by atoms with Crippen LogP contribution in [0.1, 0.15) is 66.2 Å². The second kappa shape index (κ2) is 7.49. The molecule has 0 saturated carbocycles. The second-order valence-electron chi connectivity index (χ2n) is 7.06. The molecular formula is C16H34N2. The van der Waals surface area contributed by atoms with Crippen LogP contribution in [0.2, 0.25) is 0 Å². The van der Waals surface area contributed by atoms with Gasteiger partial charge in [0.15, 0.2) is 0 Å². The van der Waals surface area contributed by atoms with Crippen molar-refractivity contribution in [1.82, 2.24) is 4.90 Å². The van der Waals surface area contributed by atoms with Gasteiger partial charge in [0.05, 0.1) is 0 Å². The number of nitrogens with two attached hydrogens (primary N) is 1. The molecule has 1 aliphatic heterocycles. The highest BCUT2D eigenvalue weighted by molar-refractivity contribution is 4.84. The molecule has 1 heterocycles. The molecule has 0 aromatic heterocycles. The maximum Gasteiger partial charge on any atom is 0.0218 e. The van der Waals surface area contributed by atoms with E-state index in [1.807, 2.05) is 0 Å². The molecule has 0 amide bonds. The Kier molecular flexibility index (Phi) is 6.65. The molecule has 0 aliphatic carbocycles. The van der Waals surface area contributed by atoms with Gasteiger partial charge in [0.1, 0.15) is 0 Å². The van der Waals surface area contributed by atoms with Crippen molar-refractivity contribution < 1.29 is 0 Å². The lowest BCUT2D eigenvalue weighted by atomic mass is 9.75. The fourth-order valence-electron chi connectivity index (χ4n) is 3.21. The molecule has 0 bridgehead atoms. The Hall–Kier alpha value is -0.0800. The molecule has 1 saturated heterocycles. The third-order valence-corrected chi connectivity index (χ3v) is 4.68. The summed E-state index contributed by atoms with van der Waals surface area (Å²) in [6.07, 6.45) is 8.02. The van der Waals surface area contributed by atoms with Crippen LogP contribution in [0.3, 0.4) is 0 Å². The molecule has 1 aliphatic rings. The summed E-state index contributed by atoms with van der Waals surface area (Å²) < 4.78 is 0. The van der Waals surface area contributed by atoms with Crippen LogP contribution in [-0.4, -0.2) is 30.6 Å². The quantitative estimate of drug-likeness (QED) is 0.733. The zero-order chi connectivity index (χ0) is 13.6. The van der Waals surface area contributed by atoms with Crippen LogP contribution < -0.4 is 5.73 Å². The molecule has 2 N–H and O–H groups in total. The third kappa shape index (κ3) is 4.89. The first-order valence-corrected chi connectivity index (χ1v) is 7.93. The lowest BCUT2D eigenvalue weighted by Crippen LogP contribution is -2.46. The lowest BCUT2D eigenvalue weighted by molar-refractivity contribution is 0.0809. The van der Waals surface area contributed by atoms with Gasteiger partial charge in [-0.2, -0.15) is 0 Å². The molecule has 2 nitrogen and oxygen atoms in total. The SMILES string of the molecule is CCCCCC(CN)N1CCC(C(C)(C)C)CC1. The number of likely N-dealkylation sites (tertiary alicyclic amines) is 1. The van der Waals surface area contributed by atoms with E-state index in [4.69, 9.17) is 5.73 Å². The van der Waals surface area contributed by atoms with Crippen LogP contribution in [0.15, 0.2) is 0 Å². The van der Waals surface area contributed by atoms with Gasteiger partial charge in [-0.05, 0) is 43.7 Å². The van der Waals surface area contributed by atoms with Gasteiger partial charge in [-0.25, -0.2) is 0 Å². The van der Waals surface area contributed by atoms with Gasteiger partial charge < -0.3 is 5.73 Å². The average Bonchev–Trinajstić information content (AvgIpc) is 2.34. The number of hydrogen-bond acceptors (Lipinski definition) is 2. The van der Waals surface area contributed by atoms with Crippen molar-refractivity contribution in [1.29, 1.82) is 0 Å². The largest absolute Gasteiger partial charge is 0.329 e. The molecule has 1 fully saturated rings. The Morgan fingerprint density at radius 1 is 1.17 bits per heavy atom. The normalized spacial score (nSPS) is 21.2. The Morgan fingerprint density at radius 2 is 1.78 bits per heavy atom. The van der Waals surface area contributed by atoms with E-state index in [1.165, 1.54) is 51.6 Å². The molecule has 2 heteroatoms. The van der Waals surface area contributed by atoms with Gasteiger partial charge in [0.25, 0.3) is 0 Å². The maximum absolute atomic E-state index is 5.96. The summed E-state index contributed by atoms with van der Waals surface area (Å²) in [5.74, 6) is 0.891. The van der Waals surface area contributed by atoms with Gasteiger partial charge in [0.2, 0.25) is 0 Å². The first-order valence-electron chi connectivity index (χ1n) is 7.93. The molecule has 0 aromatic carbocycles. The Bertz CT molecular complexity index is 212. The highest BCUT2D eigenvalue weighted by Crippen LogP contribution is 2.34.